The topological polar surface area (TPSA) is 90.5 Å². The lowest BCUT2D eigenvalue weighted by Crippen LogP contribution is -2.58. The Balaban J connectivity index is 2.21. The summed E-state index contributed by atoms with van der Waals surface area (Å²) in [7, 11) is 0. The molecule has 0 radical (unpaired) electrons. The van der Waals surface area contributed by atoms with Crippen molar-refractivity contribution >= 4 is 17.8 Å². The van der Waals surface area contributed by atoms with E-state index in [1.807, 2.05) is 63.8 Å². The fourth-order valence-electron chi connectivity index (χ4n) is 4.37. The first-order valence-corrected chi connectivity index (χ1v) is 14.4. The lowest BCUT2D eigenvalue weighted by molar-refractivity contribution is -0.130. The minimum absolute atomic E-state index is 0.0890. The van der Waals surface area contributed by atoms with Crippen molar-refractivity contribution in [2.75, 3.05) is 13.1 Å². The predicted molar refractivity (Wildman–Crippen MR) is 158 cm³/mol. The second kappa shape index (κ2) is 14.4. The summed E-state index contributed by atoms with van der Waals surface area (Å²) in [5, 5.41) is 8.93. The maximum absolute atomic E-state index is 13.5. The largest absolute Gasteiger partial charge is 0.350 e. The molecule has 0 saturated carbocycles. The Hall–Kier alpha value is -3.01. The Morgan fingerprint density at radius 1 is 0.846 bits per heavy atom. The van der Waals surface area contributed by atoms with Crippen LogP contribution in [0.15, 0.2) is 24.3 Å². The second-order valence-corrected chi connectivity index (χ2v) is 13.2. The number of urea groups is 1. The Morgan fingerprint density at radius 2 is 1.44 bits per heavy atom. The molecule has 0 bridgehead atoms. The minimum Gasteiger partial charge on any atom is -0.350 e. The number of carbonyl (C=O) groups is 3. The highest BCUT2D eigenvalue weighted by atomic mass is 16.2. The van der Waals surface area contributed by atoms with Crippen LogP contribution >= 0.6 is 0 Å². The van der Waals surface area contributed by atoms with Gasteiger partial charge in [-0.3, -0.25) is 9.59 Å². The van der Waals surface area contributed by atoms with Gasteiger partial charge in [0.25, 0.3) is 0 Å². The first-order chi connectivity index (χ1) is 18.1. The van der Waals surface area contributed by atoms with E-state index in [2.05, 4.69) is 48.6 Å². The number of likely N-dealkylation sites (tertiary alicyclic amines) is 1. The van der Waals surface area contributed by atoms with Crippen molar-refractivity contribution in [1.29, 1.82) is 0 Å². The molecule has 0 aliphatic carbocycles. The molecule has 216 valence electrons. The van der Waals surface area contributed by atoms with Crippen molar-refractivity contribution < 1.29 is 14.4 Å². The molecule has 1 aliphatic heterocycles. The molecular weight excluding hydrogens is 488 g/mol. The summed E-state index contributed by atoms with van der Waals surface area (Å²) >= 11 is 0. The van der Waals surface area contributed by atoms with Crippen molar-refractivity contribution in [2.24, 2.45) is 11.3 Å². The van der Waals surface area contributed by atoms with Gasteiger partial charge in [0.1, 0.15) is 12.1 Å². The summed E-state index contributed by atoms with van der Waals surface area (Å²) in [6.45, 7) is 17.4. The summed E-state index contributed by atoms with van der Waals surface area (Å²) in [5.41, 5.74) is 1.28. The fraction of sp³-hybridized carbons (Fsp3) is 0.656. The van der Waals surface area contributed by atoms with Crippen LogP contribution in [0, 0.1) is 23.2 Å². The number of hydrogen-bond acceptors (Lipinski definition) is 3. The Morgan fingerprint density at radius 3 is 1.95 bits per heavy atom. The molecule has 1 heterocycles. The van der Waals surface area contributed by atoms with Crippen LogP contribution in [0.25, 0.3) is 0 Å². The summed E-state index contributed by atoms with van der Waals surface area (Å²) in [6.07, 6.45) is 5.01. The van der Waals surface area contributed by atoms with Gasteiger partial charge in [-0.25, -0.2) is 4.79 Å². The Labute approximate surface area is 236 Å². The molecular formula is C32H50N4O3. The highest BCUT2D eigenvalue weighted by molar-refractivity contribution is 5.92. The lowest BCUT2D eigenvalue weighted by Gasteiger charge is -2.29. The number of nitrogens with zero attached hydrogens (tertiary/aromatic N) is 1. The van der Waals surface area contributed by atoms with Crippen LogP contribution in [0.4, 0.5) is 4.79 Å². The minimum atomic E-state index is -0.784. The quantitative estimate of drug-likeness (QED) is 0.406. The fourth-order valence-corrected chi connectivity index (χ4v) is 4.37. The summed E-state index contributed by atoms with van der Waals surface area (Å²) in [4.78, 5) is 41.7. The smallest absolute Gasteiger partial charge is 0.318 e. The van der Waals surface area contributed by atoms with Gasteiger partial charge in [-0.05, 0) is 84.4 Å². The number of hydrogen-bond donors (Lipinski definition) is 3. The molecule has 0 unspecified atom stereocenters. The molecule has 0 aromatic heterocycles. The van der Waals surface area contributed by atoms with E-state index < -0.39 is 17.6 Å². The molecule has 1 aliphatic rings. The van der Waals surface area contributed by atoms with Crippen LogP contribution in [-0.4, -0.2) is 53.5 Å². The molecule has 2 rings (SSSR count). The average molecular weight is 539 g/mol. The third kappa shape index (κ3) is 12.6. The number of amides is 4. The zero-order chi connectivity index (χ0) is 29.2. The van der Waals surface area contributed by atoms with Crippen molar-refractivity contribution in [1.82, 2.24) is 20.9 Å². The summed E-state index contributed by atoms with van der Waals surface area (Å²) < 4.78 is 0. The molecule has 1 aromatic rings. The summed E-state index contributed by atoms with van der Waals surface area (Å²) in [6, 6.07) is 6.06. The first-order valence-electron chi connectivity index (χ1n) is 14.4. The van der Waals surface area contributed by atoms with Gasteiger partial charge in [-0.15, -0.1) is 0 Å². The van der Waals surface area contributed by atoms with Crippen molar-refractivity contribution in [3.63, 3.8) is 0 Å². The highest BCUT2D eigenvalue weighted by Crippen LogP contribution is 2.14. The van der Waals surface area contributed by atoms with Crippen LogP contribution in [0.3, 0.4) is 0 Å². The van der Waals surface area contributed by atoms with E-state index in [1.165, 1.54) is 0 Å². The third-order valence-corrected chi connectivity index (χ3v) is 6.32. The van der Waals surface area contributed by atoms with Gasteiger partial charge in [0.05, 0.1) is 0 Å². The van der Waals surface area contributed by atoms with Gasteiger partial charge in [-0.1, -0.05) is 50.7 Å². The SMILES string of the molecule is CC(C)C[C@H](NC(=O)N1CCCCCC1)C(=O)N[C@@H](Cc1ccc(C#CC(C)(C)C)cc1)C(=O)NC(C)(C)C. The van der Waals surface area contributed by atoms with E-state index in [0.29, 0.717) is 25.9 Å². The monoisotopic (exact) mass is 538 g/mol. The van der Waals surface area contributed by atoms with Crippen molar-refractivity contribution in [2.45, 2.75) is 112 Å². The maximum Gasteiger partial charge on any atom is 0.318 e. The Kier molecular flexibility index (Phi) is 11.9. The zero-order valence-electron chi connectivity index (χ0n) is 25.4. The van der Waals surface area contributed by atoms with Crippen molar-refractivity contribution in [3.8, 4) is 11.8 Å². The molecule has 1 fully saturated rings. The van der Waals surface area contributed by atoms with E-state index in [0.717, 1.165) is 36.8 Å². The molecule has 7 heteroatoms. The van der Waals surface area contributed by atoms with E-state index in [-0.39, 0.29) is 29.2 Å². The van der Waals surface area contributed by atoms with E-state index in [1.54, 1.807) is 0 Å². The van der Waals surface area contributed by atoms with Gasteiger partial charge in [-0.2, -0.15) is 0 Å². The van der Waals surface area contributed by atoms with E-state index in [9.17, 15) is 14.4 Å². The lowest BCUT2D eigenvalue weighted by atomic mass is 9.97. The van der Waals surface area contributed by atoms with Gasteiger partial charge >= 0.3 is 6.03 Å². The van der Waals surface area contributed by atoms with Gasteiger partial charge in [0.2, 0.25) is 11.8 Å². The highest BCUT2D eigenvalue weighted by Gasteiger charge is 2.30. The molecule has 4 amide bonds. The van der Waals surface area contributed by atoms with Gasteiger partial charge in [0, 0.05) is 36.0 Å². The number of nitrogens with one attached hydrogen (secondary N) is 3. The van der Waals surface area contributed by atoms with Gasteiger partial charge in [0.15, 0.2) is 0 Å². The van der Waals surface area contributed by atoms with Crippen LogP contribution in [0.1, 0.15) is 98.6 Å². The number of carbonyl (C=O) groups excluding carboxylic acids is 3. The van der Waals surface area contributed by atoms with Gasteiger partial charge < -0.3 is 20.9 Å². The van der Waals surface area contributed by atoms with Crippen LogP contribution < -0.4 is 16.0 Å². The average Bonchev–Trinajstić information content (AvgIpc) is 3.10. The van der Waals surface area contributed by atoms with Crippen LogP contribution in [0.5, 0.6) is 0 Å². The molecule has 0 spiro atoms. The number of rotatable bonds is 8. The maximum atomic E-state index is 13.5. The molecule has 3 N–H and O–H groups in total. The van der Waals surface area contributed by atoms with Crippen molar-refractivity contribution in [3.05, 3.63) is 35.4 Å². The second-order valence-electron chi connectivity index (χ2n) is 13.2. The van der Waals surface area contributed by atoms with E-state index >= 15 is 0 Å². The molecule has 7 nitrogen and oxygen atoms in total. The third-order valence-electron chi connectivity index (χ3n) is 6.32. The molecule has 1 aromatic carbocycles. The summed E-state index contributed by atoms with van der Waals surface area (Å²) in [5.74, 6) is 6.01. The Bertz CT molecular complexity index is 1010. The molecule has 39 heavy (non-hydrogen) atoms. The van der Waals surface area contributed by atoms with Crippen LogP contribution in [0.2, 0.25) is 0 Å². The first kappa shape index (κ1) is 32.2. The van der Waals surface area contributed by atoms with Crippen LogP contribution in [-0.2, 0) is 16.0 Å². The predicted octanol–water partition coefficient (Wildman–Crippen LogP) is 5.03. The molecule has 1 saturated heterocycles. The zero-order valence-corrected chi connectivity index (χ0v) is 25.4. The molecule has 2 atom stereocenters. The van der Waals surface area contributed by atoms with E-state index in [4.69, 9.17) is 0 Å². The normalized spacial score (nSPS) is 15.9. The standard InChI is InChI=1S/C32H50N4O3/c1-23(2)21-26(34-30(39)36-19-11-9-10-12-20-36)28(37)33-27(29(38)35-32(6,7)8)22-25-15-13-24(14-16-25)17-18-31(3,4)5/h13-16,23,26-27H,9-12,19-22H2,1-8H3,(H,33,37)(H,34,39)(H,35,38)/t26-,27-/m0/s1. The number of benzene rings is 1.